The van der Waals surface area contributed by atoms with Gasteiger partial charge in [0.05, 0.1) is 12.4 Å². The van der Waals surface area contributed by atoms with Gasteiger partial charge in [0.2, 0.25) is 0 Å². The average molecular weight is 569 g/mol. The quantitative estimate of drug-likeness (QED) is 0.229. The maximum atomic E-state index is 9.79. The molecule has 2 aliphatic rings. The van der Waals surface area contributed by atoms with Gasteiger partial charge in [-0.2, -0.15) is 0 Å². The van der Waals surface area contributed by atoms with Crippen LogP contribution in [0.25, 0.3) is 0 Å². The molecule has 0 unspecified atom stereocenters. The molecular weight excluding hydrogens is 534 g/mol. The highest BCUT2D eigenvalue weighted by Gasteiger charge is 2.33. The maximum Gasteiger partial charge on any atom is 0.376 e. The van der Waals surface area contributed by atoms with Crippen molar-refractivity contribution in [2.45, 2.75) is 57.4 Å². The second-order valence-electron chi connectivity index (χ2n) is 10.4. The van der Waals surface area contributed by atoms with Crippen LogP contribution >= 0.6 is 23.2 Å². The summed E-state index contributed by atoms with van der Waals surface area (Å²) in [6.07, 6.45) is 8.84. The monoisotopic (exact) mass is 568 g/mol. The van der Waals surface area contributed by atoms with E-state index in [-0.39, 0.29) is 6.04 Å². The third-order valence-corrected chi connectivity index (χ3v) is 8.33. The molecule has 2 N–H and O–H groups in total. The molecule has 2 fully saturated rings. The van der Waals surface area contributed by atoms with E-state index in [0.717, 1.165) is 68.5 Å². The van der Waals surface area contributed by atoms with Crippen LogP contribution in [0.15, 0.2) is 48.8 Å². The molecule has 2 aliphatic heterocycles. The lowest BCUT2D eigenvalue weighted by Crippen LogP contribution is -2.57. The predicted molar refractivity (Wildman–Crippen MR) is 156 cm³/mol. The summed E-state index contributed by atoms with van der Waals surface area (Å²) < 4.78 is 11.8. The van der Waals surface area contributed by atoms with Crippen molar-refractivity contribution in [3.05, 3.63) is 81.4 Å². The van der Waals surface area contributed by atoms with E-state index in [4.69, 9.17) is 32.7 Å². The first-order valence-corrected chi connectivity index (χ1v) is 14.5. The molecule has 2 aromatic heterocycles. The fourth-order valence-corrected chi connectivity index (χ4v) is 5.29. The van der Waals surface area contributed by atoms with E-state index in [2.05, 4.69) is 39.6 Å². The van der Waals surface area contributed by atoms with Crippen molar-refractivity contribution in [3.63, 3.8) is 0 Å². The molecule has 39 heavy (non-hydrogen) atoms. The van der Waals surface area contributed by atoms with Crippen LogP contribution in [0.4, 0.5) is 0 Å². The van der Waals surface area contributed by atoms with E-state index in [1.807, 2.05) is 16.9 Å². The molecule has 2 saturated heterocycles. The number of nitrogens with zero attached hydrogens (tertiary/aromatic N) is 3. The van der Waals surface area contributed by atoms with E-state index in [9.17, 15) is 5.02 Å². The molecule has 2 atom stereocenters. The Kier molecular flexibility index (Phi) is 9.64. The van der Waals surface area contributed by atoms with E-state index in [1.165, 1.54) is 11.1 Å². The van der Waals surface area contributed by atoms with Crippen molar-refractivity contribution in [1.29, 1.82) is 0 Å². The molecule has 0 radical (unpaired) electrons. The summed E-state index contributed by atoms with van der Waals surface area (Å²) in [5.41, 5.74) is 4.46. The Balaban J connectivity index is 1.10. The van der Waals surface area contributed by atoms with Crippen LogP contribution in [-0.4, -0.2) is 65.2 Å². The fraction of sp³-hybridized carbons (Fsp3) is 0.448. The van der Waals surface area contributed by atoms with Crippen molar-refractivity contribution in [2.24, 2.45) is 0 Å². The van der Waals surface area contributed by atoms with Gasteiger partial charge in [-0.15, -0.1) is 0 Å². The van der Waals surface area contributed by atoms with Crippen molar-refractivity contribution >= 4 is 30.3 Å². The molecule has 4 heterocycles. The van der Waals surface area contributed by atoms with Crippen molar-refractivity contribution in [3.8, 4) is 11.5 Å². The van der Waals surface area contributed by atoms with E-state index in [1.54, 1.807) is 19.2 Å². The van der Waals surface area contributed by atoms with Gasteiger partial charge in [-0.1, -0.05) is 47.5 Å². The zero-order valence-corrected chi connectivity index (χ0v) is 23.8. The van der Waals surface area contributed by atoms with Gasteiger partial charge in [0.1, 0.15) is 35.0 Å². The average Bonchev–Trinajstić information content (AvgIpc) is 2.88. The lowest BCUT2D eigenvalue weighted by atomic mass is 9.78. The SMILES string of the molecule is CB(O)N1CC[C@H]1COc1cnc(Cl)c(CCc2ccc(CCc3cc(OC[C@@H]4CCN4)cnc3Cl)cc2)c1. The van der Waals surface area contributed by atoms with Gasteiger partial charge < -0.3 is 24.6 Å². The smallest absolute Gasteiger partial charge is 0.376 e. The lowest BCUT2D eigenvalue weighted by molar-refractivity contribution is 0.110. The molecule has 0 amide bonds. The number of nitrogens with one attached hydrogen (secondary N) is 1. The third kappa shape index (κ3) is 7.65. The topological polar surface area (TPSA) is 79.7 Å². The van der Waals surface area contributed by atoms with Gasteiger partial charge in [-0.05, 0) is 92.8 Å². The molecule has 10 heteroatoms. The van der Waals surface area contributed by atoms with E-state index >= 15 is 0 Å². The summed E-state index contributed by atoms with van der Waals surface area (Å²) >= 11 is 12.7. The van der Waals surface area contributed by atoms with Crippen LogP contribution < -0.4 is 14.8 Å². The predicted octanol–water partition coefficient (Wildman–Crippen LogP) is 4.66. The Morgan fingerprint density at radius 1 is 0.897 bits per heavy atom. The molecule has 1 aromatic carbocycles. The number of benzene rings is 1. The lowest BCUT2D eigenvalue weighted by Gasteiger charge is -2.41. The van der Waals surface area contributed by atoms with E-state index < -0.39 is 7.05 Å². The van der Waals surface area contributed by atoms with Crippen LogP contribution in [-0.2, 0) is 25.7 Å². The molecule has 0 saturated carbocycles. The van der Waals surface area contributed by atoms with Crippen molar-refractivity contribution < 1.29 is 14.5 Å². The first-order valence-electron chi connectivity index (χ1n) is 13.7. The summed E-state index contributed by atoms with van der Waals surface area (Å²) in [7, 11) is -0.447. The van der Waals surface area contributed by atoms with Gasteiger partial charge in [0.15, 0.2) is 0 Å². The fourth-order valence-electron chi connectivity index (χ4n) is 4.89. The number of pyridine rings is 2. The largest absolute Gasteiger partial charge is 0.490 e. The number of aromatic nitrogens is 2. The first-order chi connectivity index (χ1) is 18.9. The maximum absolute atomic E-state index is 9.79. The summed E-state index contributed by atoms with van der Waals surface area (Å²) in [5, 5.41) is 14.2. The second-order valence-corrected chi connectivity index (χ2v) is 11.1. The number of ether oxygens (including phenoxy) is 2. The van der Waals surface area contributed by atoms with Crippen LogP contribution in [0.1, 0.15) is 35.1 Å². The van der Waals surface area contributed by atoms with Crippen LogP contribution in [0.2, 0.25) is 17.1 Å². The van der Waals surface area contributed by atoms with Crippen molar-refractivity contribution in [2.75, 3.05) is 26.3 Å². The normalized spacial score (nSPS) is 18.8. The summed E-state index contributed by atoms with van der Waals surface area (Å²) in [5.74, 6) is 1.48. The Bertz CT molecular complexity index is 1240. The Hall–Kier alpha value is -2.36. The van der Waals surface area contributed by atoms with Gasteiger partial charge in [0.25, 0.3) is 0 Å². The standard InChI is InChI=1S/C29H35BCl2N4O3/c1-30(37)36-13-11-25(36)19-39-27-15-23(29(32)35-17-27)9-7-21-4-2-20(3-5-21)6-8-22-14-26(16-34-28(22)31)38-18-24-10-12-33-24/h2-5,14-17,24-25,33,37H,6-13,18-19H2,1H3/t24-,25-/m0/s1. The first kappa shape index (κ1) is 28.2. The molecule has 206 valence electrons. The minimum Gasteiger partial charge on any atom is -0.490 e. The van der Waals surface area contributed by atoms with Crippen LogP contribution in [0, 0.1) is 0 Å². The Morgan fingerprint density at radius 2 is 1.44 bits per heavy atom. The highest BCUT2D eigenvalue weighted by Crippen LogP contribution is 2.25. The van der Waals surface area contributed by atoms with Gasteiger partial charge in [-0.25, -0.2) is 9.97 Å². The van der Waals surface area contributed by atoms with Gasteiger partial charge in [0, 0.05) is 12.1 Å². The molecule has 7 nitrogen and oxygen atoms in total. The van der Waals surface area contributed by atoms with Gasteiger partial charge >= 0.3 is 7.05 Å². The number of hydrogen-bond donors (Lipinski definition) is 2. The minimum atomic E-state index is -0.447. The molecule has 0 aliphatic carbocycles. The van der Waals surface area contributed by atoms with E-state index in [0.29, 0.717) is 35.3 Å². The molecule has 0 spiro atoms. The number of aryl methyl sites for hydroxylation is 4. The van der Waals surface area contributed by atoms with Crippen molar-refractivity contribution in [1.82, 2.24) is 20.1 Å². The summed E-state index contributed by atoms with van der Waals surface area (Å²) in [6, 6.07) is 13.3. The zero-order chi connectivity index (χ0) is 27.2. The molecular formula is C29H35BCl2N4O3. The molecule has 0 bridgehead atoms. The molecule has 5 rings (SSSR count). The van der Waals surface area contributed by atoms with Gasteiger partial charge in [-0.3, -0.25) is 0 Å². The summed E-state index contributed by atoms with van der Waals surface area (Å²) in [4.78, 5) is 10.7. The number of rotatable bonds is 13. The summed E-state index contributed by atoms with van der Waals surface area (Å²) in [6.45, 7) is 4.95. The Morgan fingerprint density at radius 3 is 1.87 bits per heavy atom. The zero-order valence-electron chi connectivity index (χ0n) is 22.3. The highest BCUT2D eigenvalue weighted by atomic mass is 35.5. The second kappa shape index (κ2) is 13.3. The number of hydrogen-bond acceptors (Lipinski definition) is 7. The highest BCUT2D eigenvalue weighted by molar-refractivity contribution is 6.45. The van der Waals surface area contributed by atoms with Crippen LogP contribution in [0.5, 0.6) is 11.5 Å². The Labute approximate surface area is 241 Å². The number of halogens is 2. The minimum absolute atomic E-state index is 0.238. The molecule has 3 aromatic rings. The third-order valence-electron chi connectivity index (χ3n) is 7.65. The van der Waals surface area contributed by atoms with Crippen LogP contribution in [0.3, 0.4) is 0 Å².